The summed E-state index contributed by atoms with van der Waals surface area (Å²) < 4.78 is 1.88. The first-order valence-electron chi connectivity index (χ1n) is 5.51. The van der Waals surface area contributed by atoms with E-state index in [0.29, 0.717) is 6.54 Å². The molecule has 84 valence electrons. The van der Waals surface area contributed by atoms with Gasteiger partial charge in [-0.1, -0.05) is 30.3 Å². The third-order valence-electron chi connectivity index (χ3n) is 2.56. The second kappa shape index (κ2) is 5.42. The molecule has 0 fully saturated rings. The van der Waals surface area contributed by atoms with Crippen molar-refractivity contribution in [2.75, 3.05) is 0 Å². The van der Waals surface area contributed by atoms with Crippen LogP contribution in [0.1, 0.15) is 17.8 Å². The average molecular weight is 216 g/mol. The maximum absolute atomic E-state index is 5.55. The van der Waals surface area contributed by atoms with E-state index in [2.05, 4.69) is 34.3 Å². The van der Waals surface area contributed by atoms with Crippen LogP contribution in [0.5, 0.6) is 0 Å². The monoisotopic (exact) mass is 216 g/mol. The Kier molecular flexibility index (Phi) is 3.66. The molecular formula is C12H16N4. The van der Waals surface area contributed by atoms with E-state index in [0.717, 1.165) is 25.2 Å². The Morgan fingerprint density at radius 2 is 2.00 bits per heavy atom. The van der Waals surface area contributed by atoms with Crippen LogP contribution < -0.4 is 5.73 Å². The van der Waals surface area contributed by atoms with Crippen LogP contribution in [0.2, 0.25) is 0 Å². The molecule has 0 saturated carbocycles. The zero-order valence-corrected chi connectivity index (χ0v) is 9.21. The number of hydrogen-bond donors (Lipinski definition) is 1. The number of benzene rings is 1. The molecule has 2 rings (SSSR count). The van der Waals surface area contributed by atoms with Crippen molar-refractivity contribution in [1.82, 2.24) is 14.8 Å². The highest BCUT2D eigenvalue weighted by Gasteiger charge is 2.01. The van der Waals surface area contributed by atoms with E-state index in [1.807, 2.05) is 10.7 Å². The Hall–Kier alpha value is -1.68. The van der Waals surface area contributed by atoms with Gasteiger partial charge in [-0.3, -0.25) is 0 Å². The molecule has 0 amide bonds. The fourth-order valence-corrected chi connectivity index (χ4v) is 1.71. The second-order valence-corrected chi connectivity index (χ2v) is 3.69. The van der Waals surface area contributed by atoms with E-state index in [1.165, 1.54) is 5.56 Å². The van der Waals surface area contributed by atoms with Gasteiger partial charge in [0, 0.05) is 6.54 Å². The maximum atomic E-state index is 5.55. The van der Waals surface area contributed by atoms with Crippen LogP contribution in [-0.4, -0.2) is 14.8 Å². The fraction of sp³-hybridized carbons (Fsp3) is 0.333. The number of hydrogen-bond acceptors (Lipinski definition) is 3. The topological polar surface area (TPSA) is 56.7 Å². The fourth-order valence-electron chi connectivity index (χ4n) is 1.71. The number of nitrogens with two attached hydrogens (primary N) is 1. The average Bonchev–Trinajstić information content (AvgIpc) is 2.78. The predicted octanol–water partition coefficient (Wildman–Crippen LogP) is 1.37. The van der Waals surface area contributed by atoms with Gasteiger partial charge >= 0.3 is 0 Å². The lowest BCUT2D eigenvalue weighted by molar-refractivity contribution is 0.551. The molecule has 1 heterocycles. The Bertz CT molecular complexity index is 422. The molecule has 4 heteroatoms. The molecule has 1 aromatic heterocycles. The SMILES string of the molecule is NCc1ncnn1CCCc1ccccc1. The third-order valence-corrected chi connectivity index (χ3v) is 2.56. The van der Waals surface area contributed by atoms with Gasteiger partial charge in [0.15, 0.2) is 0 Å². The summed E-state index contributed by atoms with van der Waals surface area (Å²) in [6, 6.07) is 10.5. The zero-order valence-electron chi connectivity index (χ0n) is 9.21. The number of rotatable bonds is 5. The largest absolute Gasteiger partial charge is 0.324 e. The Morgan fingerprint density at radius 1 is 1.19 bits per heavy atom. The summed E-state index contributed by atoms with van der Waals surface area (Å²) >= 11 is 0. The maximum Gasteiger partial charge on any atom is 0.140 e. The highest BCUT2D eigenvalue weighted by Crippen LogP contribution is 2.04. The first-order chi connectivity index (χ1) is 7.90. The summed E-state index contributed by atoms with van der Waals surface area (Å²) in [5.41, 5.74) is 6.91. The minimum Gasteiger partial charge on any atom is -0.324 e. The van der Waals surface area contributed by atoms with Gasteiger partial charge in [0.25, 0.3) is 0 Å². The van der Waals surface area contributed by atoms with Gasteiger partial charge in [-0.2, -0.15) is 5.10 Å². The molecule has 2 aromatic rings. The molecule has 2 N–H and O–H groups in total. The standard InChI is InChI=1S/C12H16N4/c13-9-12-14-10-15-16(12)8-4-7-11-5-2-1-3-6-11/h1-3,5-6,10H,4,7-9,13H2. The molecule has 0 radical (unpaired) electrons. The van der Waals surface area contributed by atoms with Crippen molar-refractivity contribution in [2.24, 2.45) is 5.73 Å². The van der Waals surface area contributed by atoms with Crippen LogP contribution in [0.25, 0.3) is 0 Å². The third kappa shape index (κ3) is 2.67. The molecule has 0 aliphatic carbocycles. The lowest BCUT2D eigenvalue weighted by Crippen LogP contribution is -2.10. The molecule has 0 bridgehead atoms. The van der Waals surface area contributed by atoms with Gasteiger partial charge in [0.2, 0.25) is 0 Å². The highest BCUT2D eigenvalue weighted by atomic mass is 15.3. The first-order valence-corrected chi connectivity index (χ1v) is 5.51. The molecule has 0 saturated heterocycles. The molecule has 0 unspecified atom stereocenters. The van der Waals surface area contributed by atoms with Crippen LogP contribution in [0.15, 0.2) is 36.7 Å². The summed E-state index contributed by atoms with van der Waals surface area (Å²) in [5, 5.41) is 4.14. The molecule has 0 spiro atoms. The van der Waals surface area contributed by atoms with E-state index in [4.69, 9.17) is 5.73 Å². The summed E-state index contributed by atoms with van der Waals surface area (Å²) in [7, 11) is 0. The van der Waals surface area contributed by atoms with Gasteiger partial charge < -0.3 is 5.73 Å². The van der Waals surface area contributed by atoms with Crippen LogP contribution >= 0.6 is 0 Å². The van der Waals surface area contributed by atoms with Crippen LogP contribution in [0.3, 0.4) is 0 Å². The predicted molar refractivity (Wildman–Crippen MR) is 62.7 cm³/mol. The molecule has 0 aliphatic heterocycles. The molecule has 4 nitrogen and oxygen atoms in total. The van der Waals surface area contributed by atoms with Crippen LogP contribution in [0, 0.1) is 0 Å². The number of aryl methyl sites for hydroxylation is 2. The Labute approximate surface area is 95.1 Å². The van der Waals surface area contributed by atoms with Crippen molar-refractivity contribution < 1.29 is 0 Å². The quantitative estimate of drug-likeness (QED) is 0.821. The van der Waals surface area contributed by atoms with Crippen molar-refractivity contribution >= 4 is 0 Å². The minimum atomic E-state index is 0.450. The summed E-state index contributed by atoms with van der Waals surface area (Å²) in [6.45, 7) is 1.33. The molecule has 16 heavy (non-hydrogen) atoms. The number of nitrogens with zero attached hydrogens (tertiary/aromatic N) is 3. The molecule has 0 aliphatic rings. The zero-order chi connectivity index (χ0) is 11.2. The van der Waals surface area contributed by atoms with Crippen LogP contribution in [0.4, 0.5) is 0 Å². The lowest BCUT2D eigenvalue weighted by Gasteiger charge is -2.04. The second-order valence-electron chi connectivity index (χ2n) is 3.69. The minimum absolute atomic E-state index is 0.450. The van der Waals surface area contributed by atoms with Gasteiger partial charge in [0.1, 0.15) is 12.2 Å². The molecule has 1 aromatic carbocycles. The van der Waals surface area contributed by atoms with Crippen molar-refractivity contribution in [2.45, 2.75) is 25.9 Å². The van der Waals surface area contributed by atoms with Gasteiger partial charge in [-0.15, -0.1) is 0 Å². The first kappa shape index (κ1) is 10.8. The highest BCUT2D eigenvalue weighted by molar-refractivity contribution is 5.14. The van der Waals surface area contributed by atoms with Crippen molar-refractivity contribution in [1.29, 1.82) is 0 Å². The van der Waals surface area contributed by atoms with E-state index >= 15 is 0 Å². The Balaban J connectivity index is 1.85. The van der Waals surface area contributed by atoms with Crippen molar-refractivity contribution in [3.8, 4) is 0 Å². The molecular weight excluding hydrogens is 200 g/mol. The summed E-state index contributed by atoms with van der Waals surface area (Å²) in [4.78, 5) is 4.09. The van der Waals surface area contributed by atoms with Crippen molar-refractivity contribution in [3.05, 3.63) is 48.0 Å². The van der Waals surface area contributed by atoms with Crippen LogP contribution in [-0.2, 0) is 19.5 Å². The van der Waals surface area contributed by atoms with Crippen molar-refractivity contribution in [3.63, 3.8) is 0 Å². The lowest BCUT2D eigenvalue weighted by atomic mass is 10.1. The van der Waals surface area contributed by atoms with Gasteiger partial charge in [-0.05, 0) is 18.4 Å². The summed E-state index contributed by atoms with van der Waals surface area (Å²) in [6.07, 6.45) is 3.68. The van der Waals surface area contributed by atoms with E-state index in [9.17, 15) is 0 Å². The summed E-state index contributed by atoms with van der Waals surface area (Å²) in [5.74, 6) is 0.855. The molecule has 0 atom stereocenters. The normalized spacial score (nSPS) is 10.6. The van der Waals surface area contributed by atoms with E-state index in [-0.39, 0.29) is 0 Å². The van der Waals surface area contributed by atoms with Gasteiger partial charge in [0.05, 0.1) is 6.54 Å². The Morgan fingerprint density at radius 3 is 2.75 bits per heavy atom. The smallest absolute Gasteiger partial charge is 0.140 e. The van der Waals surface area contributed by atoms with Gasteiger partial charge in [-0.25, -0.2) is 9.67 Å². The number of aromatic nitrogens is 3. The van der Waals surface area contributed by atoms with E-state index in [1.54, 1.807) is 6.33 Å². The van der Waals surface area contributed by atoms with E-state index < -0.39 is 0 Å².